The lowest BCUT2D eigenvalue weighted by molar-refractivity contribution is -0.121. The molecule has 0 aromatic heterocycles. The Balaban J connectivity index is 1.84. The van der Waals surface area contributed by atoms with Crippen molar-refractivity contribution < 1.29 is 14.1 Å². The van der Waals surface area contributed by atoms with E-state index in [0.717, 1.165) is 31.2 Å². The van der Waals surface area contributed by atoms with Gasteiger partial charge in [-0.05, 0) is 37.0 Å². The Labute approximate surface area is 134 Å². The molecule has 2 rings (SSSR count). The lowest BCUT2D eigenvalue weighted by atomic mass is 9.94. The average Bonchev–Trinajstić information content (AvgIpc) is 2.54. The fourth-order valence-electron chi connectivity index (χ4n) is 2.99. The summed E-state index contributed by atoms with van der Waals surface area (Å²) >= 11 is 0. The van der Waals surface area contributed by atoms with Gasteiger partial charge in [0.25, 0.3) is 0 Å². The average molecular weight is 323 g/mol. The number of rotatable bonds is 6. The lowest BCUT2D eigenvalue weighted by Gasteiger charge is -2.31. The molecule has 1 saturated carbocycles. The monoisotopic (exact) mass is 323 g/mol. The summed E-state index contributed by atoms with van der Waals surface area (Å²) < 4.78 is 12.1. The number of hydrogen-bond acceptors (Lipinski definition) is 3. The molecule has 1 aliphatic rings. The number of hydrogen-bond donors (Lipinski definition) is 2. The number of nitrogens with one attached hydrogen (secondary N) is 1. The van der Waals surface area contributed by atoms with Crippen LogP contribution in [0.3, 0.4) is 0 Å². The Morgan fingerprint density at radius 2 is 1.95 bits per heavy atom. The second-order valence-corrected chi connectivity index (χ2v) is 7.78. The molecule has 1 aromatic rings. The summed E-state index contributed by atoms with van der Waals surface area (Å²) in [6.07, 6.45) is 5.16. The highest BCUT2D eigenvalue weighted by Gasteiger charge is 2.29. The van der Waals surface area contributed by atoms with Gasteiger partial charge in [0.15, 0.2) is 0 Å². The molecule has 1 fully saturated rings. The van der Waals surface area contributed by atoms with Gasteiger partial charge in [-0.25, -0.2) is 0 Å². The second-order valence-electron chi connectivity index (χ2n) is 5.83. The van der Waals surface area contributed by atoms with E-state index in [-0.39, 0.29) is 22.9 Å². The van der Waals surface area contributed by atoms with Gasteiger partial charge in [-0.15, -0.1) is 0 Å². The molecule has 3 unspecified atom stereocenters. The summed E-state index contributed by atoms with van der Waals surface area (Å²) in [5.74, 6) is 0.920. The number of phenolic OH excluding ortho intramolecular Hbond substituents is 1. The van der Waals surface area contributed by atoms with Gasteiger partial charge in [0.05, 0.1) is 5.25 Å². The van der Waals surface area contributed by atoms with Crippen LogP contribution in [0.15, 0.2) is 24.3 Å². The molecule has 2 N–H and O–H groups in total. The van der Waals surface area contributed by atoms with E-state index >= 15 is 0 Å². The normalized spacial score (nSPS) is 23.0. The van der Waals surface area contributed by atoms with Crippen LogP contribution >= 0.6 is 0 Å². The minimum atomic E-state index is -0.845. The number of benzene rings is 1. The van der Waals surface area contributed by atoms with Crippen LogP contribution in [-0.4, -0.2) is 32.3 Å². The van der Waals surface area contributed by atoms with Gasteiger partial charge >= 0.3 is 0 Å². The third-order valence-corrected chi connectivity index (χ3v) is 6.06. The Morgan fingerprint density at radius 1 is 1.27 bits per heavy atom. The largest absolute Gasteiger partial charge is 0.508 e. The minimum Gasteiger partial charge on any atom is -0.508 e. The Hall–Kier alpha value is -1.36. The Morgan fingerprint density at radius 3 is 2.64 bits per heavy atom. The van der Waals surface area contributed by atoms with E-state index in [4.69, 9.17) is 0 Å². The van der Waals surface area contributed by atoms with E-state index in [1.54, 1.807) is 12.1 Å². The predicted octanol–water partition coefficient (Wildman–Crippen LogP) is 2.52. The number of carbonyl (C=O) groups is 1. The lowest BCUT2D eigenvalue weighted by Crippen LogP contribution is -2.47. The predicted molar refractivity (Wildman–Crippen MR) is 89.3 cm³/mol. The third-order valence-electron chi connectivity index (χ3n) is 4.25. The molecule has 1 aliphatic carbocycles. The molecule has 1 aromatic carbocycles. The zero-order valence-electron chi connectivity index (χ0n) is 13.1. The maximum Gasteiger partial charge on any atom is 0.220 e. The van der Waals surface area contributed by atoms with E-state index in [1.165, 1.54) is 0 Å². The highest BCUT2D eigenvalue weighted by molar-refractivity contribution is 7.85. The first-order valence-corrected chi connectivity index (χ1v) is 9.42. The smallest absolute Gasteiger partial charge is 0.220 e. The van der Waals surface area contributed by atoms with Gasteiger partial charge in [-0.1, -0.05) is 31.9 Å². The van der Waals surface area contributed by atoms with Crippen LogP contribution in [0.5, 0.6) is 5.75 Å². The van der Waals surface area contributed by atoms with E-state index in [9.17, 15) is 14.1 Å². The van der Waals surface area contributed by atoms with Gasteiger partial charge in [-0.2, -0.15) is 0 Å². The van der Waals surface area contributed by atoms with Crippen LogP contribution in [0.2, 0.25) is 0 Å². The maximum absolute atomic E-state index is 12.1. The zero-order valence-corrected chi connectivity index (χ0v) is 13.9. The van der Waals surface area contributed by atoms with Gasteiger partial charge in [0.1, 0.15) is 5.75 Å². The maximum atomic E-state index is 12.1. The topological polar surface area (TPSA) is 66.4 Å². The Bertz CT molecular complexity index is 515. The van der Waals surface area contributed by atoms with Crippen molar-refractivity contribution in [1.82, 2.24) is 5.32 Å². The van der Waals surface area contributed by atoms with Crippen molar-refractivity contribution in [3.8, 4) is 5.75 Å². The molecule has 0 radical (unpaired) electrons. The molecule has 22 heavy (non-hydrogen) atoms. The summed E-state index contributed by atoms with van der Waals surface area (Å²) in [4.78, 5) is 12.1. The third kappa shape index (κ3) is 4.83. The molecule has 0 aliphatic heterocycles. The summed E-state index contributed by atoms with van der Waals surface area (Å²) in [5.41, 5.74) is 1.03. The van der Waals surface area contributed by atoms with Crippen LogP contribution in [0.25, 0.3) is 0 Å². The minimum absolute atomic E-state index is 0.0260. The van der Waals surface area contributed by atoms with E-state index in [0.29, 0.717) is 18.6 Å². The van der Waals surface area contributed by atoms with Crippen LogP contribution < -0.4 is 5.32 Å². The molecular weight excluding hydrogens is 298 g/mol. The molecular formula is C17H25NO3S. The number of aryl methyl sites for hydroxylation is 1. The number of aromatic hydroxyl groups is 1. The molecule has 4 nitrogen and oxygen atoms in total. The van der Waals surface area contributed by atoms with Crippen molar-refractivity contribution in [2.45, 2.75) is 56.7 Å². The number of phenols is 1. The molecule has 122 valence electrons. The first kappa shape index (κ1) is 17.0. The van der Waals surface area contributed by atoms with Crippen LogP contribution in [0.4, 0.5) is 0 Å². The van der Waals surface area contributed by atoms with Crippen LogP contribution in [-0.2, 0) is 22.0 Å². The SMILES string of the molecule is CCS(=O)C1CCCCC1NC(=O)CCc1ccc(O)cc1. The van der Waals surface area contributed by atoms with E-state index in [1.807, 2.05) is 19.1 Å². The molecule has 0 heterocycles. The standard InChI is InChI=1S/C17H25NO3S/c1-2-22(21)16-6-4-3-5-15(16)18-17(20)12-9-13-7-10-14(19)11-8-13/h7-8,10-11,15-16,19H,2-6,9,12H2,1H3,(H,18,20). The first-order chi connectivity index (χ1) is 10.6. The number of carbonyl (C=O) groups excluding carboxylic acids is 1. The van der Waals surface area contributed by atoms with Crippen molar-refractivity contribution in [1.29, 1.82) is 0 Å². The van der Waals surface area contributed by atoms with E-state index < -0.39 is 10.8 Å². The Kier molecular flexibility index (Phi) is 6.43. The van der Waals surface area contributed by atoms with Gasteiger partial charge in [0.2, 0.25) is 5.91 Å². The van der Waals surface area contributed by atoms with Gasteiger partial charge in [-0.3, -0.25) is 9.00 Å². The molecule has 3 atom stereocenters. The molecule has 1 amide bonds. The number of amides is 1. The highest BCUT2D eigenvalue weighted by atomic mass is 32.2. The van der Waals surface area contributed by atoms with E-state index in [2.05, 4.69) is 5.32 Å². The van der Waals surface area contributed by atoms with Gasteiger partial charge < -0.3 is 10.4 Å². The molecule has 5 heteroatoms. The van der Waals surface area contributed by atoms with Crippen LogP contribution in [0.1, 0.15) is 44.6 Å². The van der Waals surface area contributed by atoms with Crippen molar-refractivity contribution in [2.24, 2.45) is 0 Å². The summed E-state index contributed by atoms with van der Waals surface area (Å²) in [6.45, 7) is 1.94. The molecule has 0 bridgehead atoms. The van der Waals surface area contributed by atoms with Crippen molar-refractivity contribution >= 4 is 16.7 Å². The molecule has 0 saturated heterocycles. The van der Waals surface area contributed by atoms with Crippen molar-refractivity contribution in [3.63, 3.8) is 0 Å². The highest BCUT2D eigenvalue weighted by Crippen LogP contribution is 2.23. The zero-order chi connectivity index (χ0) is 15.9. The second kappa shape index (κ2) is 8.32. The first-order valence-electron chi connectivity index (χ1n) is 8.04. The summed E-state index contributed by atoms with van der Waals surface area (Å²) in [5, 5.41) is 12.4. The summed E-state index contributed by atoms with van der Waals surface area (Å²) in [6, 6.07) is 6.99. The molecule has 0 spiro atoms. The summed E-state index contributed by atoms with van der Waals surface area (Å²) in [7, 11) is -0.845. The van der Waals surface area contributed by atoms with Gasteiger partial charge in [0, 0.05) is 29.0 Å². The fraction of sp³-hybridized carbons (Fsp3) is 0.588. The van der Waals surface area contributed by atoms with Crippen LogP contribution in [0, 0.1) is 0 Å². The van der Waals surface area contributed by atoms with Crippen molar-refractivity contribution in [2.75, 3.05) is 5.75 Å². The van der Waals surface area contributed by atoms with Crippen molar-refractivity contribution in [3.05, 3.63) is 29.8 Å². The quantitative estimate of drug-likeness (QED) is 0.845. The fourth-order valence-corrected chi connectivity index (χ4v) is 4.42.